The Kier molecular flexibility index (Phi) is 9.39. The minimum Gasteiger partial charge on any atom is -0.493 e. The number of nitrogens with zero attached hydrogens (tertiary/aromatic N) is 1. The first-order valence-corrected chi connectivity index (χ1v) is 10.5. The Bertz CT molecular complexity index is 710. The summed E-state index contributed by atoms with van der Waals surface area (Å²) in [7, 11) is 4.87. The van der Waals surface area contributed by atoms with Crippen LogP contribution in [0.15, 0.2) is 18.2 Å². The molecular weight excluding hydrogens is 386 g/mol. The van der Waals surface area contributed by atoms with Crippen LogP contribution in [0.1, 0.15) is 30.6 Å². The van der Waals surface area contributed by atoms with E-state index in [1.807, 2.05) is 18.7 Å². The van der Waals surface area contributed by atoms with E-state index in [-0.39, 0.29) is 29.7 Å². The molecule has 8 heteroatoms. The van der Waals surface area contributed by atoms with Gasteiger partial charge >= 0.3 is 0 Å². The summed E-state index contributed by atoms with van der Waals surface area (Å²) < 4.78 is 16.2. The van der Waals surface area contributed by atoms with Crippen LogP contribution >= 0.6 is 0 Å². The zero-order valence-corrected chi connectivity index (χ0v) is 18.7. The second-order valence-electron chi connectivity index (χ2n) is 7.75. The highest BCUT2D eigenvalue weighted by molar-refractivity contribution is 5.95. The normalized spacial score (nSPS) is 18.3. The van der Waals surface area contributed by atoms with Gasteiger partial charge in [-0.15, -0.1) is 0 Å². The first-order chi connectivity index (χ1) is 14.4. The van der Waals surface area contributed by atoms with Gasteiger partial charge in [0.05, 0.1) is 19.6 Å². The smallest absolute Gasteiger partial charge is 0.254 e. The van der Waals surface area contributed by atoms with Gasteiger partial charge in [-0.1, -0.05) is 0 Å². The summed E-state index contributed by atoms with van der Waals surface area (Å²) in [5, 5.41) is 6.00. The molecule has 0 aromatic heterocycles. The molecule has 30 heavy (non-hydrogen) atoms. The second kappa shape index (κ2) is 11.8. The van der Waals surface area contributed by atoms with Crippen LogP contribution in [0.2, 0.25) is 0 Å². The summed E-state index contributed by atoms with van der Waals surface area (Å²) >= 11 is 0. The molecule has 1 aliphatic heterocycles. The number of amides is 2. The van der Waals surface area contributed by atoms with Crippen LogP contribution in [0.4, 0.5) is 0 Å². The van der Waals surface area contributed by atoms with E-state index in [9.17, 15) is 9.59 Å². The van der Waals surface area contributed by atoms with E-state index in [4.69, 9.17) is 14.2 Å². The van der Waals surface area contributed by atoms with Crippen molar-refractivity contribution in [2.45, 2.75) is 26.3 Å². The lowest BCUT2D eigenvalue weighted by Gasteiger charge is -2.31. The van der Waals surface area contributed by atoms with Crippen molar-refractivity contribution in [3.8, 4) is 11.5 Å². The van der Waals surface area contributed by atoms with Gasteiger partial charge in [-0.2, -0.15) is 0 Å². The molecule has 1 aromatic rings. The van der Waals surface area contributed by atoms with Crippen LogP contribution in [0.25, 0.3) is 0 Å². The molecule has 2 rings (SSSR count). The minimum atomic E-state index is -0.139. The molecule has 1 aromatic carbocycles. The van der Waals surface area contributed by atoms with Crippen molar-refractivity contribution in [3.05, 3.63) is 23.8 Å². The van der Waals surface area contributed by atoms with Gasteiger partial charge in [0.25, 0.3) is 5.91 Å². The second-order valence-corrected chi connectivity index (χ2v) is 7.75. The first-order valence-electron chi connectivity index (χ1n) is 10.5. The molecule has 2 amide bonds. The highest BCUT2D eigenvalue weighted by Crippen LogP contribution is 2.29. The number of benzene rings is 1. The molecule has 0 saturated carbocycles. The number of hydrogen-bond donors (Lipinski definition) is 2. The predicted molar refractivity (Wildman–Crippen MR) is 115 cm³/mol. The molecule has 0 aliphatic carbocycles. The number of methoxy groups -OCH3 is 2. The Morgan fingerprint density at radius 2 is 1.97 bits per heavy atom. The largest absolute Gasteiger partial charge is 0.493 e. The van der Waals surface area contributed by atoms with Crippen molar-refractivity contribution in [2.75, 3.05) is 54.1 Å². The van der Waals surface area contributed by atoms with Crippen LogP contribution in [0.3, 0.4) is 0 Å². The molecular formula is C22H35N3O5. The maximum Gasteiger partial charge on any atom is 0.254 e. The van der Waals surface area contributed by atoms with Gasteiger partial charge in [0.1, 0.15) is 0 Å². The van der Waals surface area contributed by atoms with Gasteiger partial charge in [0, 0.05) is 64.3 Å². The van der Waals surface area contributed by atoms with E-state index in [1.54, 1.807) is 39.5 Å². The van der Waals surface area contributed by atoms with Gasteiger partial charge in [-0.25, -0.2) is 0 Å². The third-order valence-corrected chi connectivity index (χ3v) is 5.40. The summed E-state index contributed by atoms with van der Waals surface area (Å²) in [6, 6.07) is 5.23. The van der Waals surface area contributed by atoms with Crippen LogP contribution in [0.5, 0.6) is 11.5 Å². The molecule has 8 nitrogen and oxygen atoms in total. The van der Waals surface area contributed by atoms with E-state index < -0.39 is 0 Å². The summed E-state index contributed by atoms with van der Waals surface area (Å²) in [4.78, 5) is 27.3. The first kappa shape index (κ1) is 24.0. The molecule has 2 N–H and O–H groups in total. The van der Waals surface area contributed by atoms with Crippen molar-refractivity contribution >= 4 is 11.8 Å². The molecule has 1 saturated heterocycles. The Labute approximate surface area is 179 Å². The Hall–Kier alpha value is -2.32. The van der Waals surface area contributed by atoms with Gasteiger partial charge < -0.3 is 29.7 Å². The fourth-order valence-corrected chi connectivity index (χ4v) is 3.67. The molecule has 0 spiro atoms. The van der Waals surface area contributed by atoms with Crippen LogP contribution in [0, 0.1) is 11.8 Å². The molecule has 1 heterocycles. The van der Waals surface area contributed by atoms with Gasteiger partial charge in [-0.3, -0.25) is 9.59 Å². The minimum absolute atomic E-state index is 0.00314. The summed E-state index contributed by atoms with van der Waals surface area (Å²) in [6.07, 6.45) is 0.742. The van der Waals surface area contributed by atoms with E-state index in [0.29, 0.717) is 49.9 Å². The summed E-state index contributed by atoms with van der Waals surface area (Å²) in [5.74, 6) is 0.974. The number of nitrogens with one attached hydrogen (secondary N) is 2. The lowest BCUT2D eigenvalue weighted by molar-refractivity contribution is -0.125. The highest BCUT2D eigenvalue weighted by Gasteiger charge is 2.35. The zero-order chi connectivity index (χ0) is 22.1. The molecule has 2 unspecified atom stereocenters. The van der Waals surface area contributed by atoms with Crippen LogP contribution < -0.4 is 20.1 Å². The zero-order valence-electron chi connectivity index (χ0n) is 18.7. The Morgan fingerprint density at radius 1 is 1.20 bits per heavy atom. The summed E-state index contributed by atoms with van der Waals surface area (Å²) in [5.41, 5.74) is 0.536. The van der Waals surface area contributed by atoms with Crippen molar-refractivity contribution in [1.29, 1.82) is 0 Å². The Balaban J connectivity index is 2.17. The molecule has 2 atom stereocenters. The number of rotatable bonds is 11. The van der Waals surface area contributed by atoms with Crippen molar-refractivity contribution in [3.63, 3.8) is 0 Å². The fourth-order valence-electron chi connectivity index (χ4n) is 3.67. The predicted octanol–water partition coefficient (Wildman–Crippen LogP) is 1.54. The number of hydrogen-bond acceptors (Lipinski definition) is 6. The van der Waals surface area contributed by atoms with E-state index in [1.165, 1.54) is 0 Å². The molecule has 168 valence electrons. The van der Waals surface area contributed by atoms with Crippen molar-refractivity contribution in [2.24, 2.45) is 11.8 Å². The van der Waals surface area contributed by atoms with Gasteiger partial charge in [0.2, 0.25) is 5.91 Å². The van der Waals surface area contributed by atoms with E-state index in [2.05, 4.69) is 10.6 Å². The fraction of sp³-hybridized carbons (Fsp3) is 0.636. The Morgan fingerprint density at radius 3 is 2.60 bits per heavy atom. The van der Waals surface area contributed by atoms with Crippen molar-refractivity contribution in [1.82, 2.24) is 15.5 Å². The SMILES string of the molecule is CNC(=O)C1CNCC1CN(C(=O)c1ccc(OC)c(OCCCOC)c1)C(C)C. The molecule has 1 fully saturated rings. The number of carbonyl (C=O) groups is 2. The molecule has 0 bridgehead atoms. The lowest BCUT2D eigenvalue weighted by Crippen LogP contribution is -2.44. The lowest BCUT2D eigenvalue weighted by atomic mass is 9.94. The monoisotopic (exact) mass is 421 g/mol. The average Bonchev–Trinajstić information content (AvgIpc) is 3.22. The molecule has 1 aliphatic rings. The van der Waals surface area contributed by atoms with E-state index >= 15 is 0 Å². The standard InChI is InChI=1S/C22H35N3O5/c1-15(2)25(14-17-12-24-13-18(17)21(26)23-3)22(27)16-7-8-19(29-5)20(11-16)30-10-6-9-28-4/h7-8,11,15,17-18,24H,6,9-10,12-14H2,1-5H3,(H,23,26). The molecule has 0 radical (unpaired) electrons. The number of ether oxygens (including phenoxy) is 3. The number of carbonyl (C=O) groups excluding carboxylic acids is 2. The third-order valence-electron chi connectivity index (χ3n) is 5.40. The van der Waals surface area contributed by atoms with Crippen LogP contribution in [-0.2, 0) is 9.53 Å². The van der Waals surface area contributed by atoms with Gasteiger partial charge in [-0.05, 0) is 32.0 Å². The van der Waals surface area contributed by atoms with Crippen LogP contribution in [-0.4, -0.2) is 76.9 Å². The maximum absolute atomic E-state index is 13.3. The average molecular weight is 422 g/mol. The van der Waals surface area contributed by atoms with E-state index in [0.717, 1.165) is 6.42 Å². The summed E-state index contributed by atoms with van der Waals surface area (Å²) in [6.45, 7) is 6.90. The van der Waals surface area contributed by atoms with Crippen molar-refractivity contribution < 1.29 is 23.8 Å². The van der Waals surface area contributed by atoms with Gasteiger partial charge in [0.15, 0.2) is 11.5 Å². The highest BCUT2D eigenvalue weighted by atomic mass is 16.5. The third kappa shape index (κ3) is 6.09. The topological polar surface area (TPSA) is 89.1 Å². The quantitative estimate of drug-likeness (QED) is 0.527. The maximum atomic E-state index is 13.3.